The average molecular weight is 310 g/mol. The van der Waals surface area contributed by atoms with E-state index in [2.05, 4.69) is 5.32 Å². The van der Waals surface area contributed by atoms with Gasteiger partial charge in [0.1, 0.15) is 6.04 Å². The number of carboxylic acids is 1. The molecule has 1 aromatic rings. The minimum absolute atomic E-state index is 0.154. The molecule has 21 heavy (non-hydrogen) atoms. The number of carboxylic acid groups (broad SMARTS) is 1. The highest BCUT2D eigenvalue weighted by molar-refractivity contribution is 8.01. The van der Waals surface area contributed by atoms with Crippen molar-refractivity contribution in [2.45, 2.75) is 38.5 Å². The minimum atomic E-state index is -1.07. The zero-order valence-corrected chi connectivity index (χ0v) is 13.6. The highest BCUT2D eigenvalue weighted by Crippen LogP contribution is 2.27. The van der Waals surface area contributed by atoms with Crippen LogP contribution in [0, 0.1) is 13.8 Å². The number of amides is 1. The molecule has 0 heterocycles. The fraction of sp³-hybridized carbons (Fsp3) is 0.467. The van der Waals surface area contributed by atoms with Crippen LogP contribution in [0.15, 0.2) is 18.2 Å². The lowest BCUT2D eigenvalue weighted by molar-refractivity contribution is -0.139. The molecule has 0 spiro atoms. The fourth-order valence-corrected chi connectivity index (χ4v) is 2.57. The summed E-state index contributed by atoms with van der Waals surface area (Å²) in [6.45, 7) is 7.38. The van der Waals surface area contributed by atoms with Gasteiger partial charge in [0.25, 0.3) is 0 Å². The van der Waals surface area contributed by atoms with E-state index < -0.39 is 16.8 Å². The Hall–Kier alpha value is -1.53. The molecule has 0 aromatic heterocycles. The molecule has 4 N–H and O–H groups in total. The maximum Gasteiger partial charge on any atom is 0.321 e. The molecule has 0 unspecified atom stereocenters. The van der Waals surface area contributed by atoms with Crippen LogP contribution in [0.3, 0.4) is 0 Å². The molecule has 0 radical (unpaired) electrons. The molecular weight excluding hydrogens is 288 g/mol. The normalized spacial score (nSPS) is 12.8. The quantitative estimate of drug-likeness (QED) is 0.749. The van der Waals surface area contributed by atoms with Crippen molar-refractivity contribution in [3.63, 3.8) is 0 Å². The summed E-state index contributed by atoms with van der Waals surface area (Å²) >= 11 is 1.23. The number of hydrogen-bond acceptors (Lipinski definition) is 4. The van der Waals surface area contributed by atoms with Gasteiger partial charge in [-0.25, -0.2) is 0 Å². The zero-order valence-electron chi connectivity index (χ0n) is 12.8. The van der Waals surface area contributed by atoms with Gasteiger partial charge in [0.05, 0.1) is 5.75 Å². The Kier molecular flexibility index (Phi) is 5.80. The van der Waals surface area contributed by atoms with Crippen LogP contribution in [0.25, 0.3) is 0 Å². The number of anilines is 1. The van der Waals surface area contributed by atoms with Crippen LogP contribution >= 0.6 is 11.8 Å². The Bertz CT molecular complexity index is 544. The minimum Gasteiger partial charge on any atom is -0.480 e. The van der Waals surface area contributed by atoms with E-state index in [-0.39, 0.29) is 11.7 Å². The van der Waals surface area contributed by atoms with Gasteiger partial charge in [-0.2, -0.15) is 0 Å². The van der Waals surface area contributed by atoms with E-state index in [4.69, 9.17) is 10.8 Å². The van der Waals surface area contributed by atoms with Crippen LogP contribution in [0.1, 0.15) is 25.0 Å². The van der Waals surface area contributed by atoms with Gasteiger partial charge in [0.15, 0.2) is 0 Å². The number of nitrogens with two attached hydrogens (primary N) is 1. The van der Waals surface area contributed by atoms with Crippen LogP contribution in [-0.4, -0.2) is 33.5 Å². The second-order valence-electron chi connectivity index (χ2n) is 5.50. The lowest BCUT2D eigenvalue weighted by atomic mass is 10.1. The second kappa shape index (κ2) is 6.95. The summed E-state index contributed by atoms with van der Waals surface area (Å²) in [4.78, 5) is 22.9. The maximum absolute atomic E-state index is 12.0. The maximum atomic E-state index is 12.0. The van der Waals surface area contributed by atoms with Crippen molar-refractivity contribution in [1.29, 1.82) is 0 Å². The van der Waals surface area contributed by atoms with Crippen molar-refractivity contribution in [3.8, 4) is 0 Å². The van der Waals surface area contributed by atoms with E-state index in [1.54, 1.807) is 13.8 Å². The summed E-state index contributed by atoms with van der Waals surface area (Å²) in [5.74, 6) is -1.08. The topological polar surface area (TPSA) is 92.4 Å². The largest absolute Gasteiger partial charge is 0.480 e. The van der Waals surface area contributed by atoms with Crippen LogP contribution in [0.2, 0.25) is 0 Å². The number of rotatable bonds is 6. The van der Waals surface area contributed by atoms with Crippen molar-refractivity contribution < 1.29 is 14.7 Å². The Morgan fingerprint density at radius 3 is 2.57 bits per heavy atom. The van der Waals surface area contributed by atoms with Crippen molar-refractivity contribution >= 4 is 29.3 Å². The summed E-state index contributed by atoms with van der Waals surface area (Å²) < 4.78 is -0.717. The third-order valence-electron chi connectivity index (χ3n) is 3.47. The third kappa shape index (κ3) is 4.75. The predicted octanol–water partition coefficient (Wildman–Crippen LogP) is 2.17. The van der Waals surface area contributed by atoms with Gasteiger partial charge in [0, 0.05) is 10.4 Å². The highest BCUT2D eigenvalue weighted by atomic mass is 32.2. The van der Waals surface area contributed by atoms with Gasteiger partial charge in [-0.3, -0.25) is 9.59 Å². The molecule has 6 heteroatoms. The van der Waals surface area contributed by atoms with E-state index in [0.29, 0.717) is 0 Å². The molecule has 0 bridgehead atoms. The van der Waals surface area contributed by atoms with E-state index in [9.17, 15) is 9.59 Å². The van der Waals surface area contributed by atoms with Gasteiger partial charge in [0.2, 0.25) is 5.91 Å². The number of benzene rings is 1. The first-order valence-electron chi connectivity index (χ1n) is 6.63. The molecule has 0 saturated carbocycles. The molecule has 0 aliphatic heterocycles. The molecule has 1 atom stereocenters. The Morgan fingerprint density at radius 2 is 2.00 bits per heavy atom. The van der Waals surface area contributed by atoms with Crippen LogP contribution in [0.5, 0.6) is 0 Å². The number of hydrogen-bond donors (Lipinski definition) is 3. The van der Waals surface area contributed by atoms with Crippen molar-refractivity contribution in [1.82, 2.24) is 0 Å². The average Bonchev–Trinajstić information content (AvgIpc) is 2.41. The smallest absolute Gasteiger partial charge is 0.321 e. The molecule has 0 aliphatic carbocycles. The summed E-state index contributed by atoms with van der Waals surface area (Å²) in [5, 5.41) is 11.8. The summed E-state index contributed by atoms with van der Waals surface area (Å²) in [6, 6.07) is 4.69. The first kappa shape index (κ1) is 17.5. The lowest BCUT2D eigenvalue weighted by Crippen LogP contribution is -2.47. The standard InChI is InChI=1S/C15H22N2O3S/c1-9-6-5-7-11(10(9)2)17-12(18)8-21-15(3,4)13(16)14(19)20/h5-7,13H,8,16H2,1-4H3,(H,17,18)(H,19,20)/t13-/m1/s1. The van der Waals surface area contributed by atoms with Gasteiger partial charge in [-0.1, -0.05) is 12.1 Å². The second-order valence-corrected chi connectivity index (χ2v) is 7.13. The van der Waals surface area contributed by atoms with Crippen LogP contribution in [-0.2, 0) is 9.59 Å². The van der Waals surface area contributed by atoms with Gasteiger partial charge >= 0.3 is 5.97 Å². The SMILES string of the molecule is Cc1cccc(NC(=O)CSC(C)(C)[C@H](N)C(=O)O)c1C. The molecule has 0 saturated heterocycles. The number of carbonyl (C=O) groups is 2. The number of nitrogens with one attached hydrogen (secondary N) is 1. The van der Waals surface area contributed by atoms with E-state index >= 15 is 0 Å². The predicted molar refractivity (Wildman–Crippen MR) is 86.7 cm³/mol. The van der Waals surface area contributed by atoms with Crippen LogP contribution in [0.4, 0.5) is 5.69 Å². The van der Waals surface area contributed by atoms with Crippen molar-refractivity contribution in [2.24, 2.45) is 5.73 Å². The highest BCUT2D eigenvalue weighted by Gasteiger charge is 2.33. The lowest BCUT2D eigenvalue weighted by Gasteiger charge is -2.27. The number of carbonyl (C=O) groups excluding carboxylic acids is 1. The molecule has 1 amide bonds. The molecule has 1 rings (SSSR count). The molecule has 1 aromatic carbocycles. The molecule has 0 fully saturated rings. The zero-order chi connectivity index (χ0) is 16.2. The first-order valence-corrected chi connectivity index (χ1v) is 7.62. The van der Waals surface area contributed by atoms with E-state index in [1.165, 1.54) is 11.8 Å². The monoisotopic (exact) mass is 310 g/mol. The summed E-state index contributed by atoms with van der Waals surface area (Å²) in [5.41, 5.74) is 8.53. The Morgan fingerprint density at radius 1 is 1.38 bits per heavy atom. The number of thioether (sulfide) groups is 1. The molecule has 116 valence electrons. The van der Waals surface area contributed by atoms with Gasteiger partial charge < -0.3 is 16.2 Å². The fourth-order valence-electron chi connectivity index (χ4n) is 1.71. The summed E-state index contributed by atoms with van der Waals surface area (Å²) in [7, 11) is 0. The third-order valence-corrected chi connectivity index (χ3v) is 4.87. The number of aliphatic carboxylic acids is 1. The van der Waals surface area contributed by atoms with Gasteiger partial charge in [-0.05, 0) is 44.9 Å². The Balaban J connectivity index is 2.63. The summed E-state index contributed by atoms with van der Waals surface area (Å²) in [6.07, 6.45) is 0. The van der Waals surface area contributed by atoms with Crippen molar-refractivity contribution in [2.75, 3.05) is 11.1 Å². The van der Waals surface area contributed by atoms with E-state index in [1.807, 2.05) is 32.0 Å². The van der Waals surface area contributed by atoms with Crippen LogP contribution < -0.4 is 11.1 Å². The number of aryl methyl sites for hydroxylation is 1. The first-order chi connectivity index (χ1) is 9.65. The van der Waals surface area contributed by atoms with Crippen molar-refractivity contribution in [3.05, 3.63) is 29.3 Å². The van der Waals surface area contributed by atoms with E-state index in [0.717, 1.165) is 16.8 Å². The van der Waals surface area contributed by atoms with Gasteiger partial charge in [-0.15, -0.1) is 11.8 Å². The molecular formula is C15H22N2O3S. The Labute approximate surface area is 129 Å². The molecule has 5 nitrogen and oxygen atoms in total. The molecule has 0 aliphatic rings.